The summed E-state index contributed by atoms with van der Waals surface area (Å²) >= 11 is 0. The number of likely N-dealkylation sites (tertiary alicyclic amines) is 1. The van der Waals surface area contributed by atoms with Crippen molar-refractivity contribution >= 4 is 0 Å². The van der Waals surface area contributed by atoms with Gasteiger partial charge in [0.25, 0.3) is 0 Å². The highest BCUT2D eigenvalue weighted by atomic mass is 16.5. The number of hydrogen-bond acceptors (Lipinski definition) is 3. The molecule has 0 unspecified atom stereocenters. The van der Waals surface area contributed by atoms with Gasteiger partial charge in [0.05, 0.1) is 5.60 Å². The molecule has 2 atom stereocenters. The van der Waals surface area contributed by atoms with Crippen molar-refractivity contribution in [2.75, 3.05) is 26.2 Å². The summed E-state index contributed by atoms with van der Waals surface area (Å²) in [4.78, 5) is 2.49. The summed E-state index contributed by atoms with van der Waals surface area (Å²) in [6.07, 6.45) is 4.56. The predicted molar refractivity (Wildman–Crippen MR) is 57.2 cm³/mol. The third-order valence-corrected chi connectivity index (χ3v) is 3.60. The first-order valence-electron chi connectivity index (χ1n) is 5.86. The first-order valence-corrected chi connectivity index (χ1v) is 5.86. The van der Waals surface area contributed by atoms with Crippen LogP contribution in [0.3, 0.4) is 0 Å². The molecule has 3 nitrogen and oxygen atoms in total. The second-order valence-electron chi connectivity index (χ2n) is 4.76. The van der Waals surface area contributed by atoms with Gasteiger partial charge in [0.1, 0.15) is 0 Å². The topological polar surface area (TPSA) is 38.5 Å². The van der Waals surface area contributed by atoms with Gasteiger partial charge in [0.2, 0.25) is 0 Å². The van der Waals surface area contributed by atoms with E-state index < -0.39 is 0 Å². The Hall–Kier alpha value is -0.120. The molecule has 0 aromatic carbocycles. The van der Waals surface area contributed by atoms with Crippen molar-refractivity contribution in [1.29, 1.82) is 0 Å². The Morgan fingerprint density at radius 2 is 2.43 bits per heavy atom. The van der Waals surface area contributed by atoms with Crippen molar-refractivity contribution in [2.24, 2.45) is 5.73 Å². The van der Waals surface area contributed by atoms with E-state index >= 15 is 0 Å². The van der Waals surface area contributed by atoms with Crippen molar-refractivity contribution in [3.8, 4) is 0 Å². The summed E-state index contributed by atoms with van der Waals surface area (Å²) in [5.74, 6) is 0. The third-order valence-electron chi connectivity index (χ3n) is 3.60. The van der Waals surface area contributed by atoms with Crippen molar-refractivity contribution in [3.05, 3.63) is 0 Å². The molecule has 0 aliphatic carbocycles. The highest BCUT2D eigenvalue weighted by Crippen LogP contribution is 2.32. The Bertz CT molecular complexity index is 194. The minimum atomic E-state index is 0.103. The first kappa shape index (κ1) is 10.4. The van der Waals surface area contributed by atoms with Crippen LogP contribution in [0, 0.1) is 0 Å². The number of piperidine rings is 1. The summed E-state index contributed by atoms with van der Waals surface area (Å²) in [5, 5.41) is 0. The van der Waals surface area contributed by atoms with Gasteiger partial charge in [-0.05, 0) is 38.8 Å². The molecular formula is C11H22N2O. The first-order chi connectivity index (χ1) is 6.74. The van der Waals surface area contributed by atoms with E-state index in [1.54, 1.807) is 0 Å². The number of hydrogen-bond donors (Lipinski definition) is 1. The summed E-state index contributed by atoms with van der Waals surface area (Å²) in [6, 6.07) is 0.362. The zero-order valence-electron chi connectivity index (χ0n) is 9.17. The number of nitrogens with zero attached hydrogens (tertiary/aromatic N) is 1. The fraction of sp³-hybridized carbons (Fsp3) is 1.00. The second kappa shape index (κ2) is 4.17. The number of ether oxygens (including phenoxy) is 1. The van der Waals surface area contributed by atoms with Crippen LogP contribution in [0.2, 0.25) is 0 Å². The third kappa shape index (κ3) is 2.10. The number of rotatable bonds is 1. The zero-order valence-corrected chi connectivity index (χ0v) is 9.17. The van der Waals surface area contributed by atoms with Crippen LogP contribution >= 0.6 is 0 Å². The maximum Gasteiger partial charge on any atom is 0.0824 e. The Labute approximate surface area is 86.6 Å². The van der Waals surface area contributed by atoms with Crippen LogP contribution in [0.4, 0.5) is 0 Å². The molecule has 2 saturated heterocycles. The van der Waals surface area contributed by atoms with E-state index in [-0.39, 0.29) is 5.60 Å². The minimum Gasteiger partial charge on any atom is -0.374 e. The molecule has 3 heteroatoms. The quantitative estimate of drug-likeness (QED) is 0.682. The SMILES string of the molecule is CCN1CCC[C@@]2(C[C@H](N)CCO2)C1. The number of nitrogens with two attached hydrogens (primary N) is 1. The van der Waals surface area contributed by atoms with Crippen molar-refractivity contribution in [1.82, 2.24) is 4.90 Å². The van der Waals surface area contributed by atoms with Gasteiger partial charge in [-0.1, -0.05) is 6.92 Å². The zero-order chi connectivity index (χ0) is 10.0. The second-order valence-corrected chi connectivity index (χ2v) is 4.76. The van der Waals surface area contributed by atoms with Crippen LogP contribution in [-0.4, -0.2) is 42.8 Å². The normalized spacial score (nSPS) is 40.3. The molecule has 1 spiro atoms. The Morgan fingerprint density at radius 1 is 1.57 bits per heavy atom. The van der Waals surface area contributed by atoms with E-state index in [0.717, 1.165) is 32.5 Å². The molecule has 0 saturated carbocycles. The highest BCUT2D eigenvalue weighted by molar-refractivity contribution is 4.94. The van der Waals surface area contributed by atoms with E-state index in [0.29, 0.717) is 6.04 Å². The molecule has 0 radical (unpaired) electrons. The molecule has 2 aliphatic heterocycles. The van der Waals surface area contributed by atoms with Gasteiger partial charge in [-0.2, -0.15) is 0 Å². The van der Waals surface area contributed by atoms with E-state index in [1.165, 1.54) is 19.4 Å². The van der Waals surface area contributed by atoms with Crippen LogP contribution in [0.15, 0.2) is 0 Å². The average molecular weight is 198 g/mol. The van der Waals surface area contributed by atoms with Crippen molar-refractivity contribution < 1.29 is 4.74 Å². The molecule has 0 amide bonds. The molecule has 82 valence electrons. The van der Waals surface area contributed by atoms with E-state index in [1.807, 2.05) is 0 Å². The molecule has 0 aromatic heterocycles. The van der Waals surface area contributed by atoms with Crippen LogP contribution < -0.4 is 5.73 Å². The fourth-order valence-electron chi connectivity index (χ4n) is 2.81. The molecule has 14 heavy (non-hydrogen) atoms. The summed E-state index contributed by atoms with van der Waals surface area (Å²) < 4.78 is 5.99. The van der Waals surface area contributed by atoms with Gasteiger partial charge in [-0.3, -0.25) is 0 Å². The fourth-order valence-corrected chi connectivity index (χ4v) is 2.81. The van der Waals surface area contributed by atoms with Crippen LogP contribution in [0.5, 0.6) is 0 Å². The lowest BCUT2D eigenvalue weighted by atomic mass is 9.84. The standard InChI is InChI=1S/C11H22N2O/c1-2-13-6-3-5-11(9-13)8-10(12)4-7-14-11/h10H,2-9,12H2,1H3/t10-,11-/m1/s1. The van der Waals surface area contributed by atoms with E-state index in [9.17, 15) is 0 Å². The lowest BCUT2D eigenvalue weighted by molar-refractivity contribution is -0.120. The van der Waals surface area contributed by atoms with E-state index in [4.69, 9.17) is 10.5 Å². The molecule has 2 rings (SSSR count). The molecule has 2 fully saturated rings. The maximum atomic E-state index is 6.03. The van der Waals surface area contributed by atoms with Crippen LogP contribution in [-0.2, 0) is 4.74 Å². The monoisotopic (exact) mass is 198 g/mol. The Morgan fingerprint density at radius 3 is 3.14 bits per heavy atom. The van der Waals surface area contributed by atoms with E-state index in [2.05, 4.69) is 11.8 Å². The Balaban J connectivity index is 1.99. The molecule has 2 aliphatic rings. The van der Waals surface area contributed by atoms with Crippen molar-refractivity contribution in [3.63, 3.8) is 0 Å². The molecule has 0 aromatic rings. The lowest BCUT2D eigenvalue weighted by Gasteiger charge is -2.46. The van der Waals surface area contributed by atoms with Gasteiger partial charge in [0.15, 0.2) is 0 Å². The maximum absolute atomic E-state index is 6.03. The van der Waals surface area contributed by atoms with Gasteiger partial charge >= 0.3 is 0 Å². The van der Waals surface area contributed by atoms with Gasteiger partial charge < -0.3 is 15.4 Å². The molecule has 0 bridgehead atoms. The summed E-state index contributed by atoms with van der Waals surface area (Å²) in [6.45, 7) is 6.55. The van der Waals surface area contributed by atoms with Crippen LogP contribution in [0.25, 0.3) is 0 Å². The summed E-state index contributed by atoms with van der Waals surface area (Å²) in [7, 11) is 0. The highest BCUT2D eigenvalue weighted by Gasteiger charge is 2.39. The summed E-state index contributed by atoms with van der Waals surface area (Å²) in [5.41, 5.74) is 6.13. The lowest BCUT2D eigenvalue weighted by Crippen LogP contribution is -2.55. The average Bonchev–Trinajstić information content (AvgIpc) is 2.17. The molecule has 2 heterocycles. The number of likely N-dealkylation sites (N-methyl/N-ethyl adjacent to an activating group) is 1. The predicted octanol–water partition coefficient (Wildman–Crippen LogP) is 0.979. The molecular weight excluding hydrogens is 176 g/mol. The van der Waals surface area contributed by atoms with Gasteiger partial charge in [-0.15, -0.1) is 0 Å². The Kier molecular flexibility index (Phi) is 3.10. The minimum absolute atomic E-state index is 0.103. The largest absolute Gasteiger partial charge is 0.374 e. The van der Waals surface area contributed by atoms with Gasteiger partial charge in [-0.25, -0.2) is 0 Å². The molecule has 2 N–H and O–H groups in total. The van der Waals surface area contributed by atoms with Crippen LogP contribution in [0.1, 0.15) is 32.6 Å². The van der Waals surface area contributed by atoms with Gasteiger partial charge in [0, 0.05) is 19.2 Å². The smallest absolute Gasteiger partial charge is 0.0824 e. The van der Waals surface area contributed by atoms with Crippen molar-refractivity contribution in [2.45, 2.75) is 44.2 Å².